The van der Waals surface area contributed by atoms with Crippen LogP contribution >= 0.6 is 27.5 Å². The normalized spacial score (nSPS) is 10.4. The zero-order valence-electron chi connectivity index (χ0n) is 11.3. The van der Waals surface area contributed by atoms with E-state index in [2.05, 4.69) is 38.1 Å². The van der Waals surface area contributed by atoms with Crippen molar-refractivity contribution in [3.63, 3.8) is 0 Å². The van der Waals surface area contributed by atoms with Crippen molar-refractivity contribution < 1.29 is 4.74 Å². The number of aromatic nitrogens is 2. The number of halogens is 2. The molecule has 0 spiro atoms. The molecule has 1 aromatic heterocycles. The highest BCUT2D eigenvalue weighted by Gasteiger charge is 2.10. The van der Waals surface area contributed by atoms with Gasteiger partial charge in [-0.15, -0.1) is 0 Å². The van der Waals surface area contributed by atoms with Gasteiger partial charge in [0.1, 0.15) is 10.8 Å². The molecular formula is C14H15BrClN3O. The first-order valence-corrected chi connectivity index (χ1v) is 7.47. The summed E-state index contributed by atoms with van der Waals surface area (Å²) in [6, 6.07) is 5.81. The predicted molar refractivity (Wildman–Crippen MR) is 84.8 cm³/mol. The predicted octanol–water partition coefficient (Wildman–Crippen LogP) is 4.82. The number of aryl methyl sites for hydroxylation is 1. The molecule has 0 fully saturated rings. The van der Waals surface area contributed by atoms with Crippen molar-refractivity contribution >= 4 is 33.5 Å². The maximum Gasteiger partial charge on any atom is 0.243 e. The van der Waals surface area contributed by atoms with Crippen molar-refractivity contribution in [3.05, 3.63) is 39.5 Å². The SMILES string of the molecule is CCCNc1ncc(Cl)c(Oc2ccc(C)cc2Br)n1. The Morgan fingerprint density at radius 2 is 2.20 bits per heavy atom. The Kier molecular flexibility index (Phi) is 5.20. The molecule has 0 atom stereocenters. The van der Waals surface area contributed by atoms with Gasteiger partial charge in [-0.1, -0.05) is 24.6 Å². The van der Waals surface area contributed by atoms with Gasteiger partial charge in [0, 0.05) is 6.54 Å². The zero-order valence-corrected chi connectivity index (χ0v) is 13.6. The molecule has 1 aromatic carbocycles. The molecule has 1 N–H and O–H groups in total. The molecule has 1 heterocycles. The average molecular weight is 357 g/mol. The van der Waals surface area contributed by atoms with Crippen LogP contribution in [0.15, 0.2) is 28.9 Å². The van der Waals surface area contributed by atoms with Crippen LogP contribution in [0.5, 0.6) is 11.6 Å². The third kappa shape index (κ3) is 3.84. The van der Waals surface area contributed by atoms with E-state index in [1.165, 1.54) is 6.20 Å². The van der Waals surface area contributed by atoms with E-state index >= 15 is 0 Å². The molecule has 0 amide bonds. The molecular weight excluding hydrogens is 342 g/mol. The van der Waals surface area contributed by atoms with Gasteiger partial charge in [-0.2, -0.15) is 4.98 Å². The van der Waals surface area contributed by atoms with Crippen LogP contribution in [-0.2, 0) is 0 Å². The van der Waals surface area contributed by atoms with Gasteiger partial charge in [0.2, 0.25) is 11.8 Å². The van der Waals surface area contributed by atoms with Gasteiger partial charge in [0.15, 0.2) is 0 Å². The van der Waals surface area contributed by atoms with E-state index in [1.807, 2.05) is 25.1 Å². The molecule has 0 saturated heterocycles. The number of hydrogen-bond acceptors (Lipinski definition) is 4. The standard InChI is InChI=1S/C14H15BrClN3O/c1-3-6-17-14-18-8-11(16)13(19-14)20-12-5-4-9(2)7-10(12)15/h4-5,7-8H,3,6H2,1-2H3,(H,17,18,19). The van der Waals surface area contributed by atoms with Gasteiger partial charge in [0.25, 0.3) is 0 Å². The Bertz CT molecular complexity index is 607. The van der Waals surface area contributed by atoms with Crippen LogP contribution in [0.1, 0.15) is 18.9 Å². The quantitative estimate of drug-likeness (QED) is 0.834. The minimum atomic E-state index is 0.338. The van der Waals surface area contributed by atoms with Crippen LogP contribution in [0.2, 0.25) is 5.02 Å². The largest absolute Gasteiger partial charge is 0.436 e. The number of nitrogens with zero attached hydrogens (tertiary/aromatic N) is 2. The molecule has 0 unspecified atom stereocenters. The van der Waals surface area contributed by atoms with Crippen molar-refractivity contribution in [2.45, 2.75) is 20.3 Å². The molecule has 0 aliphatic rings. The summed E-state index contributed by atoms with van der Waals surface area (Å²) < 4.78 is 6.60. The summed E-state index contributed by atoms with van der Waals surface area (Å²) in [5, 5.41) is 3.47. The lowest BCUT2D eigenvalue weighted by molar-refractivity contribution is 0.459. The molecule has 0 radical (unpaired) electrons. The zero-order chi connectivity index (χ0) is 14.5. The number of ether oxygens (including phenoxy) is 1. The minimum absolute atomic E-state index is 0.338. The van der Waals surface area contributed by atoms with E-state index in [1.54, 1.807) is 0 Å². The highest BCUT2D eigenvalue weighted by Crippen LogP contribution is 2.33. The van der Waals surface area contributed by atoms with Crippen molar-refractivity contribution in [2.75, 3.05) is 11.9 Å². The van der Waals surface area contributed by atoms with Gasteiger partial charge in [-0.3, -0.25) is 0 Å². The molecule has 2 aromatic rings. The first-order valence-electron chi connectivity index (χ1n) is 6.30. The Morgan fingerprint density at radius 1 is 1.40 bits per heavy atom. The fourth-order valence-corrected chi connectivity index (χ4v) is 2.24. The molecule has 0 aliphatic carbocycles. The number of nitrogens with one attached hydrogen (secondary N) is 1. The lowest BCUT2D eigenvalue weighted by Crippen LogP contribution is -2.05. The van der Waals surface area contributed by atoms with Crippen LogP contribution in [0.25, 0.3) is 0 Å². The highest BCUT2D eigenvalue weighted by molar-refractivity contribution is 9.10. The smallest absolute Gasteiger partial charge is 0.243 e. The Morgan fingerprint density at radius 3 is 2.90 bits per heavy atom. The summed E-state index contributed by atoms with van der Waals surface area (Å²) in [6.45, 7) is 4.89. The van der Waals surface area contributed by atoms with Gasteiger partial charge in [0.05, 0.1) is 10.7 Å². The average Bonchev–Trinajstić information content (AvgIpc) is 2.42. The summed E-state index contributed by atoms with van der Waals surface area (Å²) in [5.41, 5.74) is 1.14. The van der Waals surface area contributed by atoms with E-state index < -0.39 is 0 Å². The molecule has 0 saturated carbocycles. The molecule has 20 heavy (non-hydrogen) atoms. The molecule has 0 aliphatic heterocycles. The number of anilines is 1. The number of rotatable bonds is 5. The van der Waals surface area contributed by atoms with Gasteiger partial charge < -0.3 is 10.1 Å². The first-order chi connectivity index (χ1) is 9.60. The van der Waals surface area contributed by atoms with Crippen LogP contribution in [0.4, 0.5) is 5.95 Å². The van der Waals surface area contributed by atoms with Crippen LogP contribution in [0.3, 0.4) is 0 Å². The number of hydrogen-bond donors (Lipinski definition) is 1. The van der Waals surface area contributed by atoms with E-state index in [-0.39, 0.29) is 0 Å². The Hall–Kier alpha value is -1.33. The summed E-state index contributed by atoms with van der Waals surface area (Å²) in [5.74, 6) is 1.51. The summed E-state index contributed by atoms with van der Waals surface area (Å²) in [4.78, 5) is 8.38. The van der Waals surface area contributed by atoms with Crippen molar-refractivity contribution in [1.29, 1.82) is 0 Å². The van der Waals surface area contributed by atoms with E-state index in [0.29, 0.717) is 22.6 Å². The Labute approximate surface area is 131 Å². The summed E-state index contributed by atoms with van der Waals surface area (Å²) in [7, 11) is 0. The Balaban J connectivity index is 2.23. The lowest BCUT2D eigenvalue weighted by Gasteiger charge is -2.10. The van der Waals surface area contributed by atoms with E-state index in [4.69, 9.17) is 16.3 Å². The fraction of sp³-hybridized carbons (Fsp3) is 0.286. The monoisotopic (exact) mass is 355 g/mol. The molecule has 6 heteroatoms. The van der Waals surface area contributed by atoms with E-state index in [0.717, 1.165) is 23.0 Å². The van der Waals surface area contributed by atoms with Crippen LogP contribution < -0.4 is 10.1 Å². The number of benzene rings is 1. The minimum Gasteiger partial charge on any atom is -0.436 e. The van der Waals surface area contributed by atoms with Gasteiger partial charge in [-0.25, -0.2) is 4.98 Å². The van der Waals surface area contributed by atoms with E-state index in [9.17, 15) is 0 Å². The maximum absolute atomic E-state index is 6.07. The first kappa shape index (κ1) is 15.1. The van der Waals surface area contributed by atoms with Gasteiger partial charge >= 0.3 is 0 Å². The third-order valence-corrected chi connectivity index (χ3v) is 3.42. The van der Waals surface area contributed by atoms with Crippen molar-refractivity contribution in [3.8, 4) is 11.6 Å². The highest BCUT2D eigenvalue weighted by atomic mass is 79.9. The second-order valence-electron chi connectivity index (χ2n) is 4.31. The molecule has 2 rings (SSSR count). The summed E-state index contributed by atoms with van der Waals surface area (Å²) >= 11 is 9.53. The summed E-state index contributed by atoms with van der Waals surface area (Å²) in [6.07, 6.45) is 2.52. The maximum atomic E-state index is 6.07. The molecule has 106 valence electrons. The van der Waals surface area contributed by atoms with Crippen LogP contribution in [-0.4, -0.2) is 16.5 Å². The van der Waals surface area contributed by atoms with Crippen LogP contribution in [0, 0.1) is 6.92 Å². The lowest BCUT2D eigenvalue weighted by atomic mass is 10.2. The van der Waals surface area contributed by atoms with Crippen molar-refractivity contribution in [1.82, 2.24) is 9.97 Å². The molecule has 4 nitrogen and oxygen atoms in total. The second-order valence-corrected chi connectivity index (χ2v) is 5.57. The van der Waals surface area contributed by atoms with Crippen molar-refractivity contribution in [2.24, 2.45) is 0 Å². The third-order valence-electron chi connectivity index (χ3n) is 2.54. The topological polar surface area (TPSA) is 47.0 Å². The second kappa shape index (κ2) is 6.90. The molecule has 0 bridgehead atoms. The van der Waals surface area contributed by atoms with Gasteiger partial charge in [-0.05, 0) is 47.0 Å². The fourth-order valence-electron chi connectivity index (χ4n) is 1.54.